The van der Waals surface area contributed by atoms with Gasteiger partial charge < -0.3 is 5.32 Å². The molecule has 2 atom stereocenters. The number of rotatable bonds is 3. The van der Waals surface area contributed by atoms with Gasteiger partial charge in [-0.25, -0.2) is 4.39 Å². The van der Waals surface area contributed by atoms with Crippen molar-refractivity contribution >= 4 is 33.6 Å². The molecule has 2 unspecified atom stereocenters. The number of carbonyl (C=O) groups excluding carboxylic acids is 1. The van der Waals surface area contributed by atoms with Gasteiger partial charge in [0.15, 0.2) is 0 Å². The quantitative estimate of drug-likeness (QED) is 0.916. The molecule has 1 aliphatic rings. The van der Waals surface area contributed by atoms with E-state index in [2.05, 4.69) is 27.5 Å². The van der Waals surface area contributed by atoms with Crippen molar-refractivity contribution in [3.05, 3.63) is 34.1 Å². The summed E-state index contributed by atoms with van der Waals surface area (Å²) in [5, 5.41) is 3.61. The van der Waals surface area contributed by atoms with Crippen molar-refractivity contribution in [1.29, 1.82) is 0 Å². The molecule has 1 saturated carbocycles. The van der Waals surface area contributed by atoms with Crippen molar-refractivity contribution in [3.8, 4) is 0 Å². The molecule has 0 spiro atoms. The van der Waals surface area contributed by atoms with Crippen LogP contribution in [0.4, 0.5) is 4.39 Å². The Balaban J connectivity index is 2.02. The summed E-state index contributed by atoms with van der Waals surface area (Å²) in [4.78, 5) is 12.1. The number of benzene rings is 1. The van der Waals surface area contributed by atoms with Gasteiger partial charge in [0.25, 0.3) is 5.91 Å². The predicted molar refractivity (Wildman–Crippen MR) is 76.5 cm³/mol. The number of hydrogen-bond acceptors (Lipinski definition) is 2. The van der Waals surface area contributed by atoms with Crippen molar-refractivity contribution in [2.75, 3.05) is 6.26 Å². The van der Waals surface area contributed by atoms with E-state index < -0.39 is 5.82 Å². The lowest BCUT2D eigenvalue weighted by Crippen LogP contribution is -2.33. The fraction of sp³-hybridized carbons (Fsp3) is 0.462. The molecule has 98 valence electrons. The lowest BCUT2D eigenvalue weighted by atomic mass is 10.2. The van der Waals surface area contributed by atoms with Crippen LogP contribution in [0.15, 0.2) is 22.7 Å². The van der Waals surface area contributed by atoms with E-state index in [4.69, 9.17) is 0 Å². The van der Waals surface area contributed by atoms with Crippen LogP contribution < -0.4 is 5.32 Å². The molecule has 0 radical (unpaired) electrons. The maximum Gasteiger partial charge on any atom is 0.252 e. The summed E-state index contributed by atoms with van der Waals surface area (Å²) in [5.41, 5.74) is 0.364. The third-order valence-corrected chi connectivity index (χ3v) is 5.01. The minimum absolute atomic E-state index is 0.201. The molecule has 0 bridgehead atoms. The zero-order valence-corrected chi connectivity index (χ0v) is 12.5. The number of halogens is 2. The number of amides is 1. The monoisotopic (exact) mass is 331 g/mol. The van der Waals surface area contributed by atoms with Crippen LogP contribution in [0.25, 0.3) is 0 Å². The fourth-order valence-electron chi connectivity index (χ4n) is 2.22. The third-order valence-electron chi connectivity index (χ3n) is 3.23. The maximum absolute atomic E-state index is 13.1. The van der Waals surface area contributed by atoms with Gasteiger partial charge in [0.1, 0.15) is 5.82 Å². The Bertz CT molecular complexity index is 455. The fourth-order valence-corrected chi connectivity index (χ4v) is 3.44. The Kier molecular flexibility index (Phi) is 4.67. The summed E-state index contributed by atoms with van der Waals surface area (Å²) >= 11 is 5.12. The molecule has 18 heavy (non-hydrogen) atoms. The molecular weight excluding hydrogens is 317 g/mol. The van der Waals surface area contributed by atoms with Gasteiger partial charge in [0, 0.05) is 15.8 Å². The average molecular weight is 332 g/mol. The minimum Gasteiger partial charge on any atom is -0.349 e. The molecule has 1 aromatic carbocycles. The SMILES string of the molecule is CSC1CCC(NC(=O)c2cc(F)ccc2Br)C1. The lowest BCUT2D eigenvalue weighted by Gasteiger charge is -2.13. The molecule has 0 saturated heterocycles. The highest BCUT2D eigenvalue weighted by Gasteiger charge is 2.25. The van der Waals surface area contributed by atoms with Crippen molar-refractivity contribution < 1.29 is 9.18 Å². The summed E-state index contributed by atoms with van der Waals surface area (Å²) < 4.78 is 13.8. The van der Waals surface area contributed by atoms with Gasteiger partial charge >= 0.3 is 0 Å². The predicted octanol–water partition coefficient (Wildman–Crippen LogP) is 3.60. The highest BCUT2D eigenvalue weighted by atomic mass is 79.9. The molecule has 2 nitrogen and oxygen atoms in total. The first-order chi connectivity index (χ1) is 8.60. The van der Waals surface area contributed by atoms with Crippen LogP contribution in [0, 0.1) is 5.82 Å². The summed E-state index contributed by atoms with van der Waals surface area (Å²) in [5.74, 6) is -0.593. The third kappa shape index (κ3) is 3.26. The average Bonchev–Trinajstić information content (AvgIpc) is 2.80. The van der Waals surface area contributed by atoms with Crippen LogP contribution in [-0.2, 0) is 0 Å². The second-order valence-electron chi connectivity index (χ2n) is 4.47. The lowest BCUT2D eigenvalue weighted by molar-refractivity contribution is 0.0936. The van der Waals surface area contributed by atoms with Crippen LogP contribution in [0.5, 0.6) is 0 Å². The molecule has 2 rings (SSSR count). The zero-order chi connectivity index (χ0) is 13.1. The summed E-state index contributed by atoms with van der Waals surface area (Å²) in [7, 11) is 0. The largest absolute Gasteiger partial charge is 0.349 e. The molecule has 0 aromatic heterocycles. The van der Waals surface area contributed by atoms with E-state index in [-0.39, 0.29) is 11.9 Å². The number of thioether (sulfide) groups is 1. The zero-order valence-electron chi connectivity index (χ0n) is 10.1. The molecule has 0 heterocycles. The first-order valence-corrected chi connectivity index (χ1v) is 7.97. The van der Waals surface area contributed by atoms with Gasteiger partial charge in [-0.3, -0.25) is 4.79 Å². The van der Waals surface area contributed by atoms with Crippen LogP contribution in [0.3, 0.4) is 0 Å². The van der Waals surface area contributed by atoms with Gasteiger partial charge in [-0.1, -0.05) is 0 Å². The normalized spacial score (nSPS) is 23.1. The standard InChI is InChI=1S/C13H15BrFNOS/c1-18-10-4-3-9(7-10)16-13(17)11-6-8(15)2-5-12(11)14/h2,5-6,9-10H,3-4,7H2,1H3,(H,16,17). The number of hydrogen-bond donors (Lipinski definition) is 1. The van der Waals surface area contributed by atoms with E-state index in [9.17, 15) is 9.18 Å². The summed E-state index contributed by atoms with van der Waals surface area (Å²) in [6.45, 7) is 0. The Morgan fingerprint density at radius 3 is 2.94 bits per heavy atom. The van der Waals surface area contributed by atoms with Gasteiger partial charge in [0.05, 0.1) is 5.56 Å². The van der Waals surface area contributed by atoms with E-state index >= 15 is 0 Å². The van der Waals surface area contributed by atoms with Crippen LogP contribution in [-0.4, -0.2) is 23.5 Å². The van der Waals surface area contributed by atoms with E-state index in [0.717, 1.165) is 19.3 Å². The molecule has 1 aliphatic carbocycles. The molecule has 1 fully saturated rings. The summed E-state index contributed by atoms with van der Waals surface area (Å²) in [6.07, 6.45) is 5.23. The first kappa shape index (κ1) is 13.9. The van der Waals surface area contributed by atoms with Crippen LogP contribution in [0.2, 0.25) is 0 Å². The molecule has 1 N–H and O–H groups in total. The van der Waals surface area contributed by atoms with Crippen LogP contribution >= 0.6 is 27.7 Å². The minimum atomic E-state index is -0.392. The highest BCUT2D eigenvalue weighted by molar-refractivity contribution is 9.10. The molecule has 1 amide bonds. The van der Waals surface area contributed by atoms with E-state index in [1.54, 1.807) is 6.07 Å². The summed E-state index contributed by atoms with van der Waals surface area (Å²) in [6, 6.07) is 4.37. The highest BCUT2D eigenvalue weighted by Crippen LogP contribution is 2.28. The number of carbonyl (C=O) groups is 1. The second-order valence-corrected chi connectivity index (χ2v) is 6.46. The molecule has 1 aromatic rings. The van der Waals surface area contributed by atoms with Crippen molar-refractivity contribution in [3.63, 3.8) is 0 Å². The molecule has 0 aliphatic heterocycles. The van der Waals surface area contributed by atoms with E-state index in [1.165, 1.54) is 12.1 Å². The van der Waals surface area contributed by atoms with Crippen LogP contribution in [0.1, 0.15) is 29.6 Å². The second kappa shape index (κ2) is 6.06. The maximum atomic E-state index is 13.1. The molecule has 5 heteroatoms. The van der Waals surface area contributed by atoms with E-state index in [1.807, 2.05) is 11.8 Å². The van der Waals surface area contributed by atoms with Gasteiger partial charge in [-0.15, -0.1) is 0 Å². The van der Waals surface area contributed by atoms with Gasteiger partial charge in [-0.05, 0) is 59.6 Å². The Morgan fingerprint density at radius 2 is 2.28 bits per heavy atom. The topological polar surface area (TPSA) is 29.1 Å². The smallest absolute Gasteiger partial charge is 0.252 e. The Labute approximate surface area is 119 Å². The first-order valence-electron chi connectivity index (χ1n) is 5.89. The van der Waals surface area contributed by atoms with Crippen molar-refractivity contribution in [2.45, 2.75) is 30.6 Å². The van der Waals surface area contributed by atoms with Crippen molar-refractivity contribution in [1.82, 2.24) is 5.32 Å². The van der Waals surface area contributed by atoms with Gasteiger partial charge in [-0.2, -0.15) is 11.8 Å². The Morgan fingerprint density at radius 1 is 1.50 bits per heavy atom. The number of nitrogens with one attached hydrogen (secondary N) is 1. The van der Waals surface area contributed by atoms with E-state index in [0.29, 0.717) is 15.3 Å². The Hall–Kier alpha value is -0.550. The van der Waals surface area contributed by atoms with Gasteiger partial charge in [0.2, 0.25) is 0 Å². The molecular formula is C13H15BrFNOS. The van der Waals surface area contributed by atoms with Crippen molar-refractivity contribution in [2.24, 2.45) is 0 Å².